The number of halogens is 1. The fourth-order valence-electron chi connectivity index (χ4n) is 1.81. The van der Waals surface area contributed by atoms with Crippen molar-refractivity contribution >= 4 is 27.0 Å². The average molecular weight is 268 g/mol. The molecule has 0 aliphatic carbocycles. The number of rotatable bonds is 2. The normalized spacial score (nSPS) is 11.2. The maximum Gasteiger partial charge on any atom is 0.110 e. The molecule has 2 aromatic rings. The number of hydrogen-bond acceptors (Lipinski definition) is 2. The Balaban J connectivity index is 2.70. The lowest BCUT2D eigenvalue weighted by atomic mass is 10.2. The highest BCUT2D eigenvalue weighted by Gasteiger charge is 2.09. The topological polar surface area (TPSA) is 43.8 Å². The predicted octanol–water partition coefficient (Wildman–Crippen LogP) is 2.15. The van der Waals surface area contributed by atoms with E-state index >= 15 is 0 Å². The molecule has 4 heteroatoms. The van der Waals surface area contributed by atoms with Crippen LogP contribution in [0.3, 0.4) is 0 Å². The zero-order valence-corrected chi connectivity index (χ0v) is 10.5. The molecule has 1 aromatic carbocycles. The average Bonchev–Trinajstić information content (AvgIpc) is 2.47. The molecule has 1 aromatic heterocycles. The molecule has 0 aliphatic heterocycles. The summed E-state index contributed by atoms with van der Waals surface area (Å²) in [7, 11) is 2.03. The van der Waals surface area contributed by atoms with Gasteiger partial charge in [-0.25, -0.2) is 4.98 Å². The Labute approximate surface area is 97.4 Å². The highest BCUT2D eigenvalue weighted by Crippen LogP contribution is 2.23. The molecule has 0 unspecified atom stereocenters. The summed E-state index contributed by atoms with van der Waals surface area (Å²) in [4.78, 5) is 4.60. The van der Waals surface area contributed by atoms with Crippen LogP contribution in [-0.4, -0.2) is 16.1 Å². The van der Waals surface area contributed by atoms with Crippen LogP contribution in [0.1, 0.15) is 11.4 Å². The number of hydrogen-bond donors (Lipinski definition) is 1. The van der Waals surface area contributed by atoms with Gasteiger partial charge in [-0.05, 0) is 31.2 Å². The first-order chi connectivity index (χ1) is 7.13. The summed E-state index contributed by atoms with van der Waals surface area (Å²) in [6.45, 7) is 2.71. The minimum absolute atomic E-state index is 0.636. The van der Waals surface area contributed by atoms with Crippen LogP contribution in [0.5, 0.6) is 0 Å². The van der Waals surface area contributed by atoms with Gasteiger partial charge in [0, 0.05) is 17.9 Å². The Morgan fingerprint density at radius 2 is 2.20 bits per heavy atom. The van der Waals surface area contributed by atoms with Crippen molar-refractivity contribution in [3.8, 4) is 0 Å². The van der Waals surface area contributed by atoms with E-state index in [1.807, 2.05) is 7.05 Å². The van der Waals surface area contributed by atoms with Crippen molar-refractivity contribution in [2.75, 3.05) is 6.54 Å². The van der Waals surface area contributed by atoms with Gasteiger partial charge < -0.3 is 10.3 Å². The van der Waals surface area contributed by atoms with Crippen LogP contribution >= 0.6 is 15.9 Å². The zero-order chi connectivity index (χ0) is 11.0. The maximum absolute atomic E-state index is 5.56. The highest BCUT2D eigenvalue weighted by atomic mass is 79.9. The monoisotopic (exact) mass is 267 g/mol. The van der Waals surface area contributed by atoms with E-state index in [1.165, 1.54) is 5.56 Å². The Bertz CT molecular complexity index is 502. The summed E-state index contributed by atoms with van der Waals surface area (Å²) < 4.78 is 3.20. The van der Waals surface area contributed by atoms with Gasteiger partial charge in [0.25, 0.3) is 0 Å². The SMILES string of the molecule is Cc1cc(Br)cc2c1nc(CCN)n2C. The molecular weight excluding hydrogens is 254 g/mol. The Kier molecular flexibility index (Phi) is 2.80. The van der Waals surface area contributed by atoms with E-state index < -0.39 is 0 Å². The number of fused-ring (bicyclic) bond motifs is 1. The van der Waals surface area contributed by atoms with Gasteiger partial charge in [0.15, 0.2) is 0 Å². The van der Waals surface area contributed by atoms with Crippen molar-refractivity contribution in [1.82, 2.24) is 9.55 Å². The fourth-order valence-corrected chi connectivity index (χ4v) is 2.37. The van der Waals surface area contributed by atoms with Gasteiger partial charge >= 0.3 is 0 Å². The fraction of sp³-hybridized carbons (Fsp3) is 0.364. The third-order valence-corrected chi connectivity index (χ3v) is 3.06. The number of nitrogens with zero attached hydrogens (tertiary/aromatic N) is 2. The van der Waals surface area contributed by atoms with Crippen molar-refractivity contribution in [2.45, 2.75) is 13.3 Å². The summed E-state index contributed by atoms with van der Waals surface area (Å²) >= 11 is 3.50. The molecule has 2 rings (SSSR count). The minimum Gasteiger partial charge on any atom is -0.331 e. The molecule has 0 amide bonds. The van der Waals surface area contributed by atoms with Gasteiger partial charge in [-0.3, -0.25) is 0 Å². The minimum atomic E-state index is 0.636. The van der Waals surface area contributed by atoms with Crippen LogP contribution in [-0.2, 0) is 13.5 Å². The first-order valence-electron chi connectivity index (χ1n) is 4.95. The molecule has 0 spiro atoms. The summed E-state index contributed by atoms with van der Waals surface area (Å²) in [5, 5.41) is 0. The third kappa shape index (κ3) is 1.79. The van der Waals surface area contributed by atoms with Crippen LogP contribution in [0, 0.1) is 6.92 Å². The number of aromatic nitrogens is 2. The third-order valence-electron chi connectivity index (χ3n) is 2.60. The highest BCUT2D eigenvalue weighted by molar-refractivity contribution is 9.10. The molecule has 0 saturated carbocycles. The van der Waals surface area contributed by atoms with E-state index in [0.29, 0.717) is 6.54 Å². The first-order valence-corrected chi connectivity index (χ1v) is 5.74. The van der Waals surface area contributed by atoms with Gasteiger partial charge in [0.2, 0.25) is 0 Å². The molecule has 0 aliphatic rings. The summed E-state index contributed by atoms with van der Waals surface area (Å²) in [5.41, 5.74) is 8.98. The van der Waals surface area contributed by atoms with Gasteiger partial charge in [0.05, 0.1) is 11.0 Å². The second-order valence-electron chi connectivity index (χ2n) is 3.72. The summed E-state index contributed by atoms with van der Waals surface area (Å²) in [6, 6.07) is 4.18. The lowest BCUT2D eigenvalue weighted by molar-refractivity contribution is 0.794. The molecule has 0 atom stereocenters. The molecule has 2 N–H and O–H groups in total. The molecule has 15 heavy (non-hydrogen) atoms. The van der Waals surface area contributed by atoms with Crippen molar-refractivity contribution < 1.29 is 0 Å². The number of benzene rings is 1. The predicted molar refractivity (Wildman–Crippen MR) is 65.9 cm³/mol. The van der Waals surface area contributed by atoms with E-state index in [4.69, 9.17) is 5.73 Å². The van der Waals surface area contributed by atoms with Gasteiger partial charge in [-0.15, -0.1) is 0 Å². The van der Waals surface area contributed by atoms with Crippen LogP contribution < -0.4 is 5.73 Å². The molecule has 0 radical (unpaired) electrons. The van der Waals surface area contributed by atoms with E-state index in [2.05, 4.69) is 44.5 Å². The van der Waals surface area contributed by atoms with Crippen molar-refractivity contribution in [3.05, 3.63) is 28.0 Å². The van der Waals surface area contributed by atoms with E-state index in [9.17, 15) is 0 Å². The lowest BCUT2D eigenvalue weighted by Crippen LogP contribution is -2.07. The van der Waals surface area contributed by atoms with Crippen LogP contribution in [0.2, 0.25) is 0 Å². The maximum atomic E-state index is 5.56. The van der Waals surface area contributed by atoms with Gasteiger partial charge in [0.1, 0.15) is 5.82 Å². The molecule has 80 valence electrons. The summed E-state index contributed by atoms with van der Waals surface area (Å²) in [5.74, 6) is 1.05. The number of aryl methyl sites for hydroxylation is 2. The van der Waals surface area contributed by atoms with Gasteiger partial charge in [-0.2, -0.15) is 0 Å². The molecule has 1 heterocycles. The van der Waals surface area contributed by atoms with Crippen LogP contribution in [0.15, 0.2) is 16.6 Å². The summed E-state index contributed by atoms with van der Waals surface area (Å²) in [6.07, 6.45) is 0.822. The van der Waals surface area contributed by atoms with E-state index in [1.54, 1.807) is 0 Å². The zero-order valence-electron chi connectivity index (χ0n) is 8.92. The first kappa shape index (κ1) is 10.6. The van der Waals surface area contributed by atoms with Crippen molar-refractivity contribution in [3.63, 3.8) is 0 Å². The second-order valence-corrected chi connectivity index (χ2v) is 4.63. The van der Waals surface area contributed by atoms with Crippen molar-refractivity contribution in [1.29, 1.82) is 0 Å². The molecule has 3 nitrogen and oxygen atoms in total. The van der Waals surface area contributed by atoms with E-state index in [0.717, 1.165) is 27.8 Å². The largest absolute Gasteiger partial charge is 0.331 e. The molecular formula is C11H14BrN3. The van der Waals surface area contributed by atoms with Crippen molar-refractivity contribution in [2.24, 2.45) is 12.8 Å². The van der Waals surface area contributed by atoms with E-state index in [-0.39, 0.29) is 0 Å². The Morgan fingerprint density at radius 3 is 2.87 bits per heavy atom. The Hall–Kier alpha value is -0.870. The molecule has 0 saturated heterocycles. The second kappa shape index (κ2) is 3.94. The lowest BCUT2D eigenvalue weighted by Gasteiger charge is -2.00. The Morgan fingerprint density at radius 1 is 1.47 bits per heavy atom. The molecule has 0 fully saturated rings. The number of imidazole rings is 1. The van der Waals surface area contributed by atoms with Crippen LogP contribution in [0.4, 0.5) is 0 Å². The number of nitrogens with two attached hydrogens (primary N) is 1. The standard InChI is InChI=1S/C11H14BrN3/c1-7-5-8(12)6-9-11(7)14-10(3-4-13)15(9)2/h5-6H,3-4,13H2,1-2H3. The van der Waals surface area contributed by atoms with Gasteiger partial charge in [-0.1, -0.05) is 15.9 Å². The quantitative estimate of drug-likeness (QED) is 0.906. The van der Waals surface area contributed by atoms with Crippen LogP contribution in [0.25, 0.3) is 11.0 Å². The smallest absolute Gasteiger partial charge is 0.110 e. The molecule has 0 bridgehead atoms.